The largest absolute Gasteiger partial charge is 0.298 e. The Morgan fingerprint density at radius 2 is 2.20 bits per heavy atom. The molecule has 0 saturated heterocycles. The SMILES string of the molecule is Cc1ccccc1-n1nncc1CON. The number of aryl methyl sites for hydroxylation is 1. The summed E-state index contributed by atoms with van der Waals surface area (Å²) in [6, 6.07) is 7.93. The van der Waals surface area contributed by atoms with Gasteiger partial charge in [0.1, 0.15) is 6.61 Å². The minimum atomic E-state index is 0.293. The van der Waals surface area contributed by atoms with Crippen LogP contribution < -0.4 is 5.90 Å². The average molecular weight is 204 g/mol. The second-order valence-corrected chi connectivity index (χ2v) is 3.23. The van der Waals surface area contributed by atoms with Crippen molar-refractivity contribution in [2.24, 2.45) is 5.90 Å². The van der Waals surface area contributed by atoms with Crippen molar-refractivity contribution >= 4 is 0 Å². The van der Waals surface area contributed by atoms with Gasteiger partial charge in [0, 0.05) is 0 Å². The van der Waals surface area contributed by atoms with Crippen LogP contribution in [-0.4, -0.2) is 15.0 Å². The minimum absolute atomic E-state index is 0.293. The van der Waals surface area contributed by atoms with E-state index in [0.29, 0.717) is 6.61 Å². The number of nitrogens with zero attached hydrogens (tertiary/aromatic N) is 3. The van der Waals surface area contributed by atoms with Gasteiger partial charge in [-0.2, -0.15) is 0 Å². The molecule has 0 saturated carbocycles. The maximum absolute atomic E-state index is 5.04. The zero-order valence-electron chi connectivity index (χ0n) is 8.42. The summed E-state index contributed by atoms with van der Waals surface area (Å²) >= 11 is 0. The molecule has 1 heterocycles. The fraction of sp³-hybridized carbons (Fsp3) is 0.200. The van der Waals surface area contributed by atoms with Gasteiger partial charge >= 0.3 is 0 Å². The molecule has 0 spiro atoms. The molecule has 15 heavy (non-hydrogen) atoms. The molecule has 0 atom stereocenters. The quantitative estimate of drug-likeness (QED) is 0.756. The number of hydrogen-bond acceptors (Lipinski definition) is 4. The zero-order valence-corrected chi connectivity index (χ0v) is 8.42. The van der Waals surface area contributed by atoms with Gasteiger partial charge in [-0.15, -0.1) is 5.10 Å². The smallest absolute Gasteiger partial charge is 0.112 e. The molecule has 0 unspecified atom stereocenters. The first kappa shape index (κ1) is 9.82. The van der Waals surface area contributed by atoms with Crippen LogP contribution in [0.25, 0.3) is 5.69 Å². The highest BCUT2D eigenvalue weighted by Gasteiger charge is 2.07. The molecule has 1 aromatic carbocycles. The van der Waals surface area contributed by atoms with Gasteiger partial charge in [0.15, 0.2) is 0 Å². The number of hydrogen-bond donors (Lipinski definition) is 1. The number of benzene rings is 1. The van der Waals surface area contributed by atoms with Crippen molar-refractivity contribution in [3.63, 3.8) is 0 Å². The Kier molecular flexibility index (Phi) is 2.75. The maximum atomic E-state index is 5.04. The van der Waals surface area contributed by atoms with E-state index in [1.54, 1.807) is 10.9 Å². The first-order chi connectivity index (χ1) is 7.33. The Hall–Kier alpha value is -1.72. The standard InChI is InChI=1S/C10H12N4O/c1-8-4-2-3-5-10(8)14-9(7-15-11)6-12-13-14/h2-6H,7,11H2,1H3. The lowest BCUT2D eigenvalue weighted by molar-refractivity contribution is 0.119. The number of para-hydroxylation sites is 1. The van der Waals surface area contributed by atoms with Crippen molar-refractivity contribution in [3.05, 3.63) is 41.7 Å². The Bertz CT molecular complexity index is 452. The maximum Gasteiger partial charge on any atom is 0.112 e. The molecule has 0 amide bonds. The molecule has 0 fully saturated rings. The van der Waals surface area contributed by atoms with Crippen LogP contribution in [0.3, 0.4) is 0 Å². The predicted octanol–water partition coefficient (Wildman–Crippen LogP) is 0.966. The number of rotatable bonds is 3. The summed E-state index contributed by atoms with van der Waals surface area (Å²) < 4.78 is 1.72. The Morgan fingerprint density at radius 1 is 1.40 bits per heavy atom. The third kappa shape index (κ3) is 1.88. The van der Waals surface area contributed by atoms with Crippen LogP contribution in [0.15, 0.2) is 30.5 Å². The van der Waals surface area contributed by atoms with E-state index in [1.165, 1.54) is 0 Å². The van der Waals surface area contributed by atoms with Gasteiger partial charge in [-0.1, -0.05) is 23.4 Å². The highest BCUT2D eigenvalue weighted by molar-refractivity contribution is 5.39. The van der Waals surface area contributed by atoms with Crippen LogP contribution in [0, 0.1) is 6.92 Å². The first-order valence-electron chi connectivity index (χ1n) is 4.60. The van der Waals surface area contributed by atoms with E-state index >= 15 is 0 Å². The van der Waals surface area contributed by atoms with Gasteiger partial charge in [-0.25, -0.2) is 10.6 Å². The van der Waals surface area contributed by atoms with Gasteiger partial charge in [-0.05, 0) is 18.6 Å². The van der Waals surface area contributed by atoms with Gasteiger partial charge < -0.3 is 0 Å². The normalized spacial score (nSPS) is 10.5. The second kappa shape index (κ2) is 4.20. The molecule has 0 radical (unpaired) electrons. The highest BCUT2D eigenvalue weighted by Crippen LogP contribution is 2.14. The van der Waals surface area contributed by atoms with Gasteiger partial charge in [-0.3, -0.25) is 4.84 Å². The predicted molar refractivity (Wildman–Crippen MR) is 55.1 cm³/mol. The van der Waals surface area contributed by atoms with Crippen LogP contribution in [0.4, 0.5) is 0 Å². The zero-order chi connectivity index (χ0) is 10.7. The molecular weight excluding hydrogens is 192 g/mol. The van der Waals surface area contributed by atoms with Crippen LogP contribution >= 0.6 is 0 Å². The monoisotopic (exact) mass is 204 g/mol. The third-order valence-electron chi connectivity index (χ3n) is 2.19. The van der Waals surface area contributed by atoms with Crippen LogP contribution in [-0.2, 0) is 11.4 Å². The van der Waals surface area contributed by atoms with Crippen molar-refractivity contribution in [3.8, 4) is 5.69 Å². The lowest BCUT2D eigenvalue weighted by Crippen LogP contribution is -2.07. The van der Waals surface area contributed by atoms with Crippen LogP contribution in [0.5, 0.6) is 0 Å². The van der Waals surface area contributed by atoms with E-state index < -0.39 is 0 Å². The molecule has 0 bridgehead atoms. The summed E-state index contributed by atoms with van der Waals surface area (Å²) in [5.41, 5.74) is 2.94. The fourth-order valence-electron chi connectivity index (χ4n) is 1.44. The summed E-state index contributed by atoms with van der Waals surface area (Å²) in [6.45, 7) is 2.31. The lowest BCUT2D eigenvalue weighted by Gasteiger charge is -2.07. The lowest BCUT2D eigenvalue weighted by atomic mass is 10.2. The molecule has 0 aliphatic carbocycles. The molecule has 0 aliphatic rings. The average Bonchev–Trinajstić information content (AvgIpc) is 2.67. The van der Waals surface area contributed by atoms with Crippen molar-refractivity contribution < 1.29 is 4.84 Å². The van der Waals surface area contributed by atoms with E-state index in [2.05, 4.69) is 15.1 Å². The van der Waals surface area contributed by atoms with E-state index in [-0.39, 0.29) is 0 Å². The fourth-order valence-corrected chi connectivity index (χ4v) is 1.44. The van der Waals surface area contributed by atoms with E-state index in [4.69, 9.17) is 5.90 Å². The first-order valence-corrected chi connectivity index (χ1v) is 4.60. The van der Waals surface area contributed by atoms with Gasteiger partial charge in [0.25, 0.3) is 0 Å². The summed E-state index contributed by atoms with van der Waals surface area (Å²) in [7, 11) is 0. The van der Waals surface area contributed by atoms with Crippen LogP contribution in [0.2, 0.25) is 0 Å². The summed E-state index contributed by atoms with van der Waals surface area (Å²) in [5, 5.41) is 7.83. The topological polar surface area (TPSA) is 66.0 Å². The molecule has 5 heteroatoms. The summed E-state index contributed by atoms with van der Waals surface area (Å²) in [5.74, 6) is 5.04. The van der Waals surface area contributed by atoms with E-state index in [9.17, 15) is 0 Å². The van der Waals surface area contributed by atoms with Crippen LogP contribution in [0.1, 0.15) is 11.3 Å². The molecule has 0 aliphatic heterocycles. The molecule has 1 aromatic heterocycles. The highest BCUT2D eigenvalue weighted by atomic mass is 16.6. The molecule has 2 rings (SSSR count). The van der Waals surface area contributed by atoms with Crippen molar-refractivity contribution in [2.75, 3.05) is 0 Å². The van der Waals surface area contributed by atoms with Crippen molar-refractivity contribution in [2.45, 2.75) is 13.5 Å². The van der Waals surface area contributed by atoms with E-state index in [0.717, 1.165) is 16.9 Å². The molecular formula is C10H12N4O. The second-order valence-electron chi connectivity index (χ2n) is 3.23. The summed E-state index contributed by atoms with van der Waals surface area (Å²) in [6.07, 6.45) is 1.64. The van der Waals surface area contributed by atoms with Crippen molar-refractivity contribution in [1.82, 2.24) is 15.0 Å². The molecule has 2 aromatic rings. The third-order valence-corrected chi connectivity index (χ3v) is 2.19. The van der Waals surface area contributed by atoms with Gasteiger partial charge in [0.05, 0.1) is 17.6 Å². The van der Waals surface area contributed by atoms with E-state index in [1.807, 2.05) is 31.2 Å². The molecule has 78 valence electrons. The summed E-state index contributed by atoms with van der Waals surface area (Å²) in [4.78, 5) is 4.59. The number of aromatic nitrogens is 3. The molecule has 2 N–H and O–H groups in total. The number of nitrogens with two attached hydrogens (primary N) is 1. The molecule has 5 nitrogen and oxygen atoms in total. The Balaban J connectivity index is 2.45. The van der Waals surface area contributed by atoms with Gasteiger partial charge in [0.2, 0.25) is 0 Å². The Morgan fingerprint density at radius 3 is 2.93 bits per heavy atom. The van der Waals surface area contributed by atoms with Crippen molar-refractivity contribution in [1.29, 1.82) is 0 Å². The minimum Gasteiger partial charge on any atom is -0.298 e. The Labute approximate surface area is 87.4 Å².